The summed E-state index contributed by atoms with van der Waals surface area (Å²) in [6.45, 7) is 6.62. The molecule has 16 heavy (non-hydrogen) atoms. The van der Waals surface area contributed by atoms with Gasteiger partial charge >= 0.3 is 0 Å². The van der Waals surface area contributed by atoms with Crippen molar-refractivity contribution in [1.82, 2.24) is 4.57 Å². The monoisotopic (exact) mass is 221 g/mol. The topological polar surface area (TPSA) is 64.0 Å². The zero-order valence-corrected chi connectivity index (χ0v) is 10.4. The predicted octanol–water partition coefficient (Wildman–Crippen LogP) is 2.16. The van der Waals surface area contributed by atoms with E-state index in [9.17, 15) is 0 Å². The maximum absolute atomic E-state index is 9.05. The molecule has 0 aliphatic heterocycles. The Bertz CT molecular complexity index is 415. The molecule has 1 aromatic heterocycles. The van der Waals surface area contributed by atoms with Gasteiger partial charge in [0.25, 0.3) is 0 Å². The zero-order valence-electron chi connectivity index (χ0n) is 10.4. The number of rotatable bonds is 4. The van der Waals surface area contributed by atoms with Crippen LogP contribution in [0.2, 0.25) is 0 Å². The van der Waals surface area contributed by atoms with Gasteiger partial charge in [-0.25, -0.2) is 0 Å². The Hall–Kier alpha value is -1.47. The van der Waals surface area contributed by atoms with Gasteiger partial charge in [-0.2, -0.15) is 5.26 Å². The minimum absolute atomic E-state index is 0.200. The van der Waals surface area contributed by atoms with Crippen LogP contribution in [0, 0.1) is 25.2 Å². The number of hydrogen-bond acceptors (Lipinski definition) is 3. The fourth-order valence-electron chi connectivity index (χ4n) is 2.03. The maximum atomic E-state index is 9.05. The van der Waals surface area contributed by atoms with Crippen LogP contribution < -0.4 is 5.73 Å². The van der Waals surface area contributed by atoms with Crippen molar-refractivity contribution >= 4 is 5.82 Å². The summed E-state index contributed by atoms with van der Waals surface area (Å²) in [6, 6.07) is 2.36. The smallest absolute Gasteiger partial charge is 0.122 e. The van der Waals surface area contributed by atoms with Crippen molar-refractivity contribution in [2.45, 2.75) is 33.2 Å². The molecule has 0 aromatic carbocycles. The van der Waals surface area contributed by atoms with Crippen LogP contribution in [0.1, 0.15) is 36.2 Å². The quantitative estimate of drug-likeness (QED) is 0.847. The largest absolute Gasteiger partial charge is 0.384 e. The number of nitrogen functional groups attached to an aromatic ring is 1. The summed E-state index contributed by atoms with van der Waals surface area (Å²) < 4.78 is 7.19. The molecule has 4 heteroatoms. The molecule has 4 nitrogen and oxygen atoms in total. The van der Waals surface area contributed by atoms with Crippen LogP contribution in [0.4, 0.5) is 5.82 Å². The Labute approximate surface area is 96.6 Å². The van der Waals surface area contributed by atoms with Crippen molar-refractivity contribution in [3.05, 3.63) is 16.8 Å². The van der Waals surface area contributed by atoms with Crippen LogP contribution in [0.5, 0.6) is 0 Å². The Balaban J connectivity index is 3.28. The molecule has 0 spiro atoms. The Kier molecular flexibility index (Phi) is 3.97. The standard InChI is InChI=1S/C12H19N3O/c1-5-10(7-16-4)15-9(3)8(2)11(6-13)12(15)14/h10H,5,7,14H2,1-4H3. The van der Waals surface area contributed by atoms with Crippen LogP contribution in [0.15, 0.2) is 0 Å². The second-order valence-corrected chi connectivity index (χ2v) is 3.97. The molecule has 0 radical (unpaired) electrons. The molecular formula is C12H19N3O. The summed E-state index contributed by atoms with van der Waals surface area (Å²) in [5.74, 6) is 0.557. The van der Waals surface area contributed by atoms with E-state index in [1.54, 1.807) is 7.11 Å². The number of anilines is 1. The third kappa shape index (κ3) is 1.91. The maximum Gasteiger partial charge on any atom is 0.122 e. The highest BCUT2D eigenvalue weighted by molar-refractivity contribution is 5.58. The van der Waals surface area contributed by atoms with Crippen molar-refractivity contribution in [3.63, 3.8) is 0 Å². The van der Waals surface area contributed by atoms with E-state index in [1.165, 1.54) is 0 Å². The first-order valence-corrected chi connectivity index (χ1v) is 5.44. The van der Waals surface area contributed by atoms with Crippen LogP contribution in [0.25, 0.3) is 0 Å². The summed E-state index contributed by atoms with van der Waals surface area (Å²) >= 11 is 0. The fraction of sp³-hybridized carbons (Fsp3) is 0.583. The first-order chi connectivity index (χ1) is 7.58. The third-order valence-corrected chi connectivity index (χ3v) is 3.10. The molecule has 0 fully saturated rings. The Morgan fingerprint density at radius 3 is 2.50 bits per heavy atom. The van der Waals surface area contributed by atoms with Gasteiger partial charge in [0.05, 0.1) is 18.2 Å². The number of ether oxygens (including phenoxy) is 1. The lowest BCUT2D eigenvalue weighted by atomic mass is 10.2. The average molecular weight is 221 g/mol. The molecule has 1 atom stereocenters. The van der Waals surface area contributed by atoms with Crippen molar-refractivity contribution < 1.29 is 4.74 Å². The van der Waals surface area contributed by atoms with Gasteiger partial charge < -0.3 is 15.0 Å². The Morgan fingerprint density at radius 2 is 2.12 bits per heavy atom. The highest BCUT2D eigenvalue weighted by Gasteiger charge is 2.20. The lowest BCUT2D eigenvalue weighted by Gasteiger charge is -2.20. The second-order valence-electron chi connectivity index (χ2n) is 3.97. The van der Waals surface area contributed by atoms with Gasteiger partial charge in [0.15, 0.2) is 0 Å². The van der Waals surface area contributed by atoms with Gasteiger partial charge in [0, 0.05) is 12.8 Å². The minimum atomic E-state index is 0.200. The van der Waals surface area contributed by atoms with Gasteiger partial charge in [-0.1, -0.05) is 6.92 Å². The first-order valence-electron chi connectivity index (χ1n) is 5.44. The SMILES string of the molecule is CCC(COC)n1c(C)c(C)c(C#N)c1N. The molecule has 0 saturated heterocycles. The van der Waals surface area contributed by atoms with Gasteiger partial charge in [-0.05, 0) is 25.8 Å². The molecule has 0 aliphatic carbocycles. The number of hydrogen-bond donors (Lipinski definition) is 1. The van der Waals surface area contributed by atoms with Crippen molar-refractivity contribution in [2.75, 3.05) is 19.5 Å². The lowest BCUT2D eigenvalue weighted by Crippen LogP contribution is -2.17. The molecular weight excluding hydrogens is 202 g/mol. The van der Waals surface area contributed by atoms with Crippen LogP contribution in [-0.2, 0) is 4.74 Å². The molecule has 1 heterocycles. The van der Waals surface area contributed by atoms with Crippen molar-refractivity contribution in [1.29, 1.82) is 5.26 Å². The second kappa shape index (κ2) is 5.04. The molecule has 0 saturated carbocycles. The molecule has 88 valence electrons. The average Bonchev–Trinajstić information content (AvgIpc) is 2.48. The summed E-state index contributed by atoms with van der Waals surface area (Å²) in [6.07, 6.45) is 0.928. The number of aromatic nitrogens is 1. The molecule has 1 unspecified atom stereocenters. The number of nitrogens with two attached hydrogens (primary N) is 1. The van der Waals surface area contributed by atoms with Crippen LogP contribution in [-0.4, -0.2) is 18.3 Å². The number of nitriles is 1. The van der Waals surface area contributed by atoms with E-state index in [1.807, 2.05) is 18.4 Å². The normalized spacial score (nSPS) is 12.4. The minimum Gasteiger partial charge on any atom is -0.384 e. The molecule has 0 aliphatic rings. The summed E-state index contributed by atoms with van der Waals surface area (Å²) in [7, 11) is 1.68. The molecule has 1 rings (SSSR count). The summed E-state index contributed by atoms with van der Waals surface area (Å²) in [4.78, 5) is 0. The molecule has 0 bridgehead atoms. The van der Waals surface area contributed by atoms with Gasteiger partial charge in [-0.3, -0.25) is 0 Å². The summed E-state index contributed by atoms with van der Waals surface area (Å²) in [5, 5.41) is 9.05. The lowest BCUT2D eigenvalue weighted by molar-refractivity contribution is 0.153. The molecule has 0 amide bonds. The van der Waals surface area contributed by atoms with Gasteiger partial charge in [0.2, 0.25) is 0 Å². The highest BCUT2D eigenvalue weighted by Crippen LogP contribution is 2.28. The van der Waals surface area contributed by atoms with E-state index < -0.39 is 0 Å². The first kappa shape index (κ1) is 12.6. The van der Waals surface area contributed by atoms with Crippen LogP contribution in [0.3, 0.4) is 0 Å². The van der Waals surface area contributed by atoms with E-state index in [0.717, 1.165) is 17.7 Å². The van der Waals surface area contributed by atoms with Crippen molar-refractivity contribution in [3.8, 4) is 6.07 Å². The summed E-state index contributed by atoms with van der Waals surface area (Å²) in [5.41, 5.74) is 8.62. The predicted molar refractivity (Wildman–Crippen MR) is 64.2 cm³/mol. The Morgan fingerprint density at radius 1 is 1.50 bits per heavy atom. The number of nitrogens with zero attached hydrogens (tertiary/aromatic N) is 2. The van der Waals surface area contributed by atoms with E-state index in [-0.39, 0.29) is 6.04 Å². The van der Waals surface area contributed by atoms with E-state index in [2.05, 4.69) is 13.0 Å². The van der Waals surface area contributed by atoms with Crippen LogP contribution >= 0.6 is 0 Å². The third-order valence-electron chi connectivity index (χ3n) is 3.10. The van der Waals surface area contributed by atoms with E-state index in [0.29, 0.717) is 18.0 Å². The molecule has 1 aromatic rings. The zero-order chi connectivity index (χ0) is 12.3. The van der Waals surface area contributed by atoms with E-state index >= 15 is 0 Å². The van der Waals surface area contributed by atoms with Gasteiger partial charge in [-0.15, -0.1) is 0 Å². The van der Waals surface area contributed by atoms with Crippen molar-refractivity contribution in [2.24, 2.45) is 0 Å². The fourth-order valence-corrected chi connectivity index (χ4v) is 2.03. The highest BCUT2D eigenvalue weighted by atomic mass is 16.5. The van der Waals surface area contributed by atoms with Gasteiger partial charge in [0.1, 0.15) is 11.9 Å². The van der Waals surface area contributed by atoms with E-state index in [4.69, 9.17) is 15.7 Å². The number of methoxy groups -OCH3 is 1. The molecule has 2 N–H and O–H groups in total.